The molecule has 0 spiro atoms. The van der Waals surface area contributed by atoms with E-state index in [4.69, 9.17) is 0 Å². The van der Waals surface area contributed by atoms with E-state index in [1.165, 1.54) is 127 Å². The molecule has 63 heavy (non-hydrogen) atoms. The summed E-state index contributed by atoms with van der Waals surface area (Å²) in [6.07, 6.45) is 30.8. The van der Waals surface area contributed by atoms with Crippen LogP contribution in [-0.4, -0.2) is 55.4 Å². The Hall–Kier alpha value is -2.67. The fourth-order valence-electron chi connectivity index (χ4n) is 9.33. The normalized spacial score (nSPS) is 12.6. The van der Waals surface area contributed by atoms with Crippen molar-refractivity contribution in [3.05, 3.63) is 57.6 Å². The number of unbranched alkanes of at least 4 members (excludes halogenated alkanes) is 18. The number of aromatic hydroxyl groups is 2. The second-order valence-electron chi connectivity index (χ2n) is 21.2. The molecule has 0 radical (unpaired) electrons. The summed E-state index contributed by atoms with van der Waals surface area (Å²) in [5.74, 6) is 1.56. The van der Waals surface area contributed by atoms with Gasteiger partial charge in [-0.1, -0.05) is 195 Å². The molecule has 0 aromatic heterocycles. The van der Waals surface area contributed by atoms with Crippen LogP contribution < -0.4 is 0 Å². The zero-order valence-electron chi connectivity index (χ0n) is 42.0. The molecule has 2 rings (SSSR count). The molecule has 4 N–H and O–H groups in total. The molecule has 0 aliphatic rings. The lowest BCUT2D eigenvalue weighted by atomic mass is 9.83. The van der Waals surface area contributed by atoms with E-state index in [1.807, 2.05) is 0 Å². The van der Waals surface area contributed by atoms with Gasteiger partial charge in [0, 0.05) is 0 Å². The van der Waals surface area contributed by atoms with Crippen molar-refractivity contribution >= 4 is 22.0 Å². The number of rotatable bonds is 36. The zero-order chi connectivity index (χ0) is 46.7. The van der Waals surface area contributed by atoms with Gasteiger partial charge < -0.3 is 20.4 Å². The van der Waals surface area contributed by atoms with Crippen LogP contribution in [0, 0.1) is 0 Å². The molecule has 0 bridgehead atoms. The van der Waals surface area contributed by atoms with Gasteiger partial charge in [-0.05, 0) is 119 Å². The average Bonchev–Trinajstić information content (AvgIpc) is 3.21. The number of phenolic OH excluding ortho intramolecular Hbond substituents is 2. The highest BCUT2D eigenvalue weighted by Gasteiger charge is 2.28. The van der Waals surface area contributed by atoms with Crippen LogP contribution in [0.4, 0.5) is 0 Å². The Labute approximate surface area is 388 Å². The van der Waals surface area contributed by atoms with E-state index in [2.05, 4.69) is 79.7 Å². The van der Waals surface area contributed by atoms with Crippen molar-refractivity contribution in [3.8, 4) is 11.5 Å². The molecule has 0 aliphatic carbocycles. The summed E-state index contributed by atoms with van der Waals surface area (Å²) in [5.41, 5.74) is 5.96. The first-order valence-electron chi connectivity index (χ1n) is 25.8. The molecule has 0 atom stereocenters. The van der Waals surface area contributed by atoms with Crippen molar-refractivity contribution in [3.63, 3.8) is 0 Å². The number of carboxylic acid groups (broad SMARTS) is 2. The topological polar surface area (TPSA) is 115 Å². The molecule has 0 heterocycles. The van der Waals surface area contributed by atoms with Gasteiger partial charge in [0.1, 0.15) is 11.5 Å². The van der Waals surface area contributed by atoms with Crippen LogP contribution >= 0.6 is 10.0 Å². The summed E-state index contributed by atoms with van der Waals surface area (Å²) in [5, 5.41) is 43.0. The molecule has 0 saturated carbocycles. The van der Waals surface area contributed by atoms with Crippen molar-refractivity contribution < 1.29 is 30.0 Å². The maximum Gasteiger partial charge on any atom is 0.304 e. The van der Waals surface area contributed by atoms with E-state index < -0.39 is 22.0 Å². The SMILES string of the molecule is CCCCCCCCCCCCc1cc(CCCS(CCCc2cc(CCCCCCCCCCCC)cc(C(C)(C)C)c2O)(CCC(=O)O)CCC(=O)O)c(O)c(C(C)(C)C)c1. The van der Waals surface area contributed by atoms with Gasteiger partial charge >= 0.3 is 11.9 Å². The van der Waals surface area contributed by atoms with Crippen molar-refractivity contribution in [2.45, 2.75) is 246 Å². The van der Waals surface area contributed by atoms with Crippen LogP contribution in [0.3, 0.4) is 0 Å². The predicted molar refractivity (Wildman–Crippen MR) is 273 cm³/mol. The minimum Gasteiger partial charge on any atom is -0.507 e. The van der Waals surface area contributed by atoms with E-state index in [9.17, 15) is 30.0 Å². The fraction of sp³-hybridized carbons (Fsp3) is 0.750. The number of carboxylic acids is 2. The van der Waals surface area contributed by atoms with Crippen LogP contribution in [0.5, 0.6) is 11.5 Å². The molecule has 2 aromatic rings. The maximum atomic E-state index is 12.0. The Bertz CT molecular complexity index is 1470. The van der Waals surface area contributed by atoms with Gasteiger partial charge in [0.15, 0.2) is 0 Å². The number of hydrogen-bond donors (Lipinski definition) is 4. The third kappa shape index (κ3) is 23.4. The monoisotopic (exact) mass is 897 g/mol. The number of phenols is 2. The number of benzene rings is 2. The molecule has 7 heteroatoms. The number of aryl methyl sites for hydroxylation is 4. The van der Waals surface area contributed by atoms with Gasteiger partial charge in [0.25, 0.3) is 0 Å². The van der Waals surface area contributed by atoms with E-state index >= 15 is 0 Å². The van der Waals surface area contributed by atoms with Gasteiger partial charge in [-0.2, -0.15) is 0 Å². The Morgan fingerprint density at radius 3 is 1.02 bits per heavy atom. The summed E-state index contributed by atoms with van der Waals surface area (Å²) < 4.78 is 0. The first-order chi connectivity index (χ1) is 29.9. The van der Waals surface area contributed by atoms with Gasteiger partial charge in [-0.25, -0.2) is 10.0 Å². The minimum absolute atomic E-state index is 0.0243. The molecule has 6 nitrogen and oxygen atoms in total. The van der Waals surface area contributed by atoms with E-state index in [-0.39, 0.29) is 23.7 Å². The van der Waals surface area contributed by atoms with Gasteiger partial charge in [0.2, 0.25) is 0 Å². The molecule has 0 fully saturated rings. The second kappa shape index (κ2) is 30.5. The summed E-state index contributed by atoms with van der Waals surface area (Å²) in [7, 11) is -1.64. The van der Waals surface area contributed by atoms with Crippen molar-refractivity contribution in [2.24, 2.45) is 0 Å². The maximum absolute atomic E-state index is 12.0. The quantitative estimate of drug-likeness (QED) is 0.0507. The van der Waals surface area contributed by atoms with Gasteiger partial charge in [0.05, 0.1) is 12.8 Å². The standard InChI is InChI=1S/C56H96O6S/c1-9-11-13-15-17-19-21-23-25-27-31-45-41-47(53(61)49(43-45)55(3,4)5)33-29-37-63(39-35-51(57)58,40-36-52(59)60)38-30-34-48-42-46(44-50(54(48)62)56(6,7)8)32-28-26-24-22-20-18-16-14-12-10-2/h41-44,61-62H,9-40H2,1-8H3,(H,57,58)(H,59,60). The molecule has 362 valence electrons. The van der Waals surface area contributed by atoms with Crippen LogP contribution in [0.2, 0.25) is 0 Å². The van der Waals surface area contributed by atoms with Crippen LogP contribution in [-0.2, 0) is 46.1 Å². The van der Waals surface area contributed by atoms with Crippen molar-refractivity contribution in [1.82, 2.24) is 0 Å². The summed E-state index contributed by atoms with van der Waals surface area (Å²) >= 11 is 0. The highest BCUT2D eigenvalue weighted by molar-refractivity contribution is 8.33. The molecule has 0 amide bonds. The molecular weight excluding hydrogens is 801 g/mol. The lowest BCUT2D eigenvalue weighted by Crippen LogP contribution is -2.22. The molecule has 0 aliphatic heterocycles. The zero-order valence-corrected chi connectivity index (χ0v) is 42.8. The first-order valence-corrected chi connectivity index (χ1v) is 28.1. The molecule has 0 unspecified atom stereocenters. The summed E-state index contributed by atoms with van der Waals surface area (Å²) in [6, 6.07) is 8.80. The lowest BCUT2D eigenvalue weighted by molar-refractivity contribution is -0.137. The molecular formula is C56H96O6S. The first kappa shape index (κ1) is 56.5. The van der Waals surface area contributed by atoms with Crippen LogP contribution in [0.1, 0.15) is 243 Å². The molecule has 0 saturated heterocycles. The van der Waals surface area contributed by atoms with Gasteiger partial charge in [-0.15, -0.1) is 0 Å². The van der Waals surface area contributed by atoms with E-state index in [0.29, 0.717) is 35.8 Å². The Balaban J connectivity index is 2.21. The third-order valence-electron chi connectivity index (χ3n) is 13.3. The Morgan fingerprint density at radius 2 is 0.730 bits per heavy atom. The number of hydrogen-bond acceptors (Lipinski definition) is 4. The van der Waals surface area contributed by atoms with E-state index in [0.717, 1.165) is 72.3 Å². The van der Waals surface area contributed by atoms with Crippen LogP contribution in [0.25, 0.3) is 0 Å². The highest BCUT2D eigenvalue weighted by atomic mass is 32.3. The van der Waals surface area contributed by atoms with E-state index in [1.54, 1.807) is 0 Å². The highest BCUT2D eigenvalue weighted by Crippen LogP contribution is 2.51. The molecule has 2 aromatic carbocycles. The lowest BCUT2D eigenvalue weighted by Gasteiger charge is -2.40. The average molecular weight is 897 g/mol. The Kier molecular flexibility index (Phi) is 27.3. The van der Waals surface area contributed by atoms with Crippen molar-refractivity contribution in [2.75, 3.05) is 23.0 Å². The fourth-order valence-corrected chi connectivity index (χ4v) is 13.3. The number of carbonyl (C=O) groups is 2. The second-order valence-corrected chi connectivity index (χ2v) is 25.3. The largest absolute Gasteiger partial charge is 0.507 e. The smallest absolute Gasteiger partial charge is 0.304 e. The predicted octanol–water partition coefficient (Wildman–Crippen LogP) is 15.9. The van der Waals surface area contributed by atoms with Crippen molar-refractivity contribution in [1.29, 1.82) is 0 Å². The third-order valence-corrected chi connectivity index (χ3v) is 17.7. The summed E-state index contributed by atoms with van der Waals surface area (Å²) in [6.45, 7) is 17.4. The van der Waals surface area contributed by atoms with Crippen LogP contribution in [0.15, 0.2) is 24.3 Å². The number of aliphatic carboxylic acids is 2. The Morgan fingerprint density at radius 1 is 0.429 bits per heavy atom. The minimum atomic E-state index is -1.64. The summed E-state index contributed by atoms with van der Waals surface area (Å²) in [4.78, 5) is 24.1. The van der Waals surface area contributed by atoms with Gasteiger partial charge in [-0.3, -0.25) is 9.59 Å².